The van der Waals surface area contributed by atoms with Gasteiger partial charge in [0.05, 0.1) is 32.2 Å². The van der Waals surface area contributed by atoms with Gasteiger partial charge in [0.15, 0.2) is 0 Å². The minimum absolute atomic E-state index is 0.0614. The van der Waals surface area contributed by atoms with E-state index >= 15 is 0 Å². The summed E-state index contributed by atoms with van der Waals surface area (Å²) in [5.41, 5.74) is 0.395. The molecule has 0 aliphatic heterocycles. The van der Waals surface area contributed by atoms with E-state index in [-0.39, 0.29) is 11.4 Å². The average molecular weight is 296 g/mol. The molecule has 0 saturated heterocycles. The quantitative estimate of drug-likeness (QED) is 0.942. The van der Waals surface area contributed by atoms with Gasteiger partial charge in [0.2, 0.25) is 0 Å². The maximum absolute atomic E-state index is 12.2. The normalized spacial score (nSPS) is 12.1. The Kier molecular flexibility index (Phi) is 4.29. The largest absolute Gasteiger partial charge is 0.477 e. The number of hydrogen-bond acceptors (Lipinski definition) is 3. The van der Waals surface area contributed by atoms with Crippen LogP contribution in [0.5, 0.6) is 0 Å². The Hall–Kier alpha value is -1.72. The number of carboxylic acid groups (broad SMARTS) is 1. The molecule has 2 rings (SSSR count). The lowest BCUT2D eigenvalue weighted by Crippen LogP contribution is -2.05. The minimum Gasteiger partial charge on any atom is -0.477 e. The molecule has 98 valence electrons. The summed E-state index contributed by atoms with van der Waals surface area (Å²) in [5, 5.41) is 9.27. The van der Waals surface area contributed by atoms with Gasteiger partial charge >= 0.3 is 5.97 Å². The SMILES string of the molecule is O=C(O)c1cccc(CS(=O)c2ccccc2Cl)n1. The first kappa shape index (κ1) is 13.7. The topological polar surface area (TPSA) is 67.3 Å². The summed E-state index contributed by atoms with van der Waals surface area (Å²) in [6.07, 6.45) is 0. The molecule has 1 unspecified atom stereocenters. The number of halogens is 1. The molecule has 1 N–H and O–H groups in total. The van der Waals surface area contributed by atoms with Crippen molar-refractivity contribution in [1.82, 2.24) is 4.98 Å². The molecule has 19 heavy (non-hydrogen) atoms. The van der Waals surface area contributed by atoms with Crippen LogP contribution in [0.1, 0.15) is 16.2 Å². The Labute approximate surface area is 117 Å². The summed E-state index contributed by atoms with van der Waals surface area (Å²) in [4.78, 5) is 15.3. The number of benzene rings is 1. The molecule has 0 spiro atoms. The van der Waals surface area contributed by atoms with Gasteiger partial charge in [-0.25, -0.2) is 9.78 Å². The molecule has 0 saturated carbocycles. The highest BCUT2D eigenvalue weighted by molar-refractivity contribution is 7.84. The van der Waals surface area contributed by atoms with E-state index in [0.29, 0.717) is 15.6 Å². The molecular weight excluding hydrogens is 286 g/mol. The van der Waals surface area contributed by atoms with E-state index in [1.165, 1.54) is 6.07 Å². The molecule has 0 fully saturated rings. The molecule has 1 aromatic carbocycles. The van der Waals surface area contributed by atoms with Gasteiger partial charge in [0.25, 0.3) is 0 Å². The Morgan fingerprint density at radius 1 is 1.21 bits per heavy atom. The van der Waals surface area contributed by atoms with Crippen LogP contribution >= 0.6 is 11.6 Å². The number of carbonyl (C=O) groups is 1. The van der Waals surface area contributed by atoms with Gasteiger partial charge in [-0.1, -0.05) is 29.8 Å². The Bertz CT molecular complexity index is 645. The molecule has 6 heteroatoms. The van der Waals surface area contributed by atoms with E-state index in [1.54, 1.807) is 36.4 Å². The summed E-state index contributed by atoms with van der Waals surface area (Å²) in [6.45, 7) is 0. The summed E-state index contributed by atoms with van der Waals surface area (Å²) < 4.78 is 12.2. The predicted octanol–water partition coefficient (Wildman–Crippen LogP) is 2.74. The monoisotopic (exact) mass is 295 g/mol. The number of aromatic nitrogens is 1. The molecule has 1 aromatic heterocycles. The Morgan fingerprint density at radius 2 is 1.95 bits per heavy atom. The summed E-state index contributed by atoms with van der Waals surface area (Å²) in [6, 6.07) is 11.5. The highest BCUT2D eigenvalue weighted by Gasteiger charge is 2.11. The lowest BCUT2D eigenvalue weighted by molar-refractivity contribution is 0.0690. The van der Waals surface area contributed by atoms with E-state index in [2.05, 4.69) is 4.98 Å². The predicted molar refractivity (Wildman–Crippen MR) is 72.8 cm³/mol. The van der Waals surface area contributed by atoms with Gasteiger partial charge in [0.1, 0.15) is 5.69 Å². The highest BCUT2D eigenvalue weighted by atomic mass is 35.5. The lowest BCUT2D eigenvalue weighted by atomic mass is 10.3. The standard InChI is InChI=1S/C13H10ClNO3S/c14-10-5-1-2-7-12(10)19(18)8-9-4-3-6-11(15-9)13(16)17/h1-7H,8H2,(H,16,17). The van der Waals surface area contributed by atoms with E-state index in [0.717, 1.165) is 0 Å². The van der Waals surface area contributed by atoms with Gasteiger partial charge in [-0.3, -0.25) is 4.21 Å². The van der Waals surface area contributed by atoms with Crippen molar-refractivity contribution in [3.63, 3.8) is 0 Å². The molecule has 1 atom stereocenters. The van der Waals surface area contributed by atoms with Crippen molar-refractivity contribution < 1.29 is 14.1 Å². The number of rotatable bonds is 4. The molecule has 0 amide bonds. The van der Waals surface area contributed by atoms with Crippen molar-refractivity contribution in [1.29, 1.82) is 0 Å². The first-order chi connectivity index (χ1) is 9.08. The first-order valence-corrected chi connectivity index (χ1v) is 7.10. The van der Waals surface area contributed by atoms with Crippen LogP contribution in [0.25, 0.3) is 0 Å². The van der Waals surface area contributed by atoms with Crippen molar-refractivity contribution in [2.45, 2.75) is 10.6 Å². The fraction of sp³-hybridized carbons (Fsp3) is 0.0769. The van der Waals surface area contributed by atoms with Gasteiger partial charge in [-0.15, -0.1) is 0 Å². The molecule has 0 radical (unpaired) electrons. The molecule has 0 bridgehead atoms. The number of nitrogens with zero attached hydrogens (tertiary/aromatic N) is 1. The van der Waals surface area contributed by atoms with E-state index in [4.69, 9.17) is 16.7 Å². The van der Waals surface area contributed by atoms with Crippen molar-refractivity contribution in [3.05, 3.63) is 58.9 Å². The molecule has 1 heterocycles. The molecule has 2 aromatic rings. The fourth-order valence-corrected chi connectivity index (χ4v) is 3.02. The minimum atomic E-state index is -1.35. The van der Waals surface area contributed by atoms with Crippen molar-refractivity contribution in [2.24, 2.45) is 0 Å². The van der Waals surface area contributed by atoms with Crippen LogP contribution in [-0.4, -0.2) is 20.3 Å². The van der Waals surface area contributed by atoms with Gasteiger partial charge < -0.3 is 5.11 Å². The summed E-state index contributed by atoms with van der Waals surface area (Å²) in [7, 11) is -1.35. The van der Waals surface area contributed by atoms with Crippen LogP contribution in [0, 0.1) is 0 Å². The number of pyridine rings is 1. The van der Waals surface area contributed by atoms with Crippen LogP contribution in [0.15, 0.2) is 47.4 Å². The van der Waals surface area contributed by atoms with E-state index in [1.807, 2.05) is 0 Å². The second kappa shape index (κ2) is 5.95. The molecule has 4 nitrogen and oxygen atoms in total. The van der Waals surface area contributed by atoms with Crippen molar-refractivity contribution >= 4 is 28.4 Å². The highest BCUT2D eigenvalue weighted by Crippen LogP contribution is 2.20. The Morgan fingerprint density at radius 3 is 2.63 bits per heavy atom. The van der Waals surface area contributed by atoms with Crippen molar-refractivity contribution in [2.75, 3.05) is 0 Å². The maximum Gasteiger partial charge on any atom is 0.354 e. The second-order valence-corrected chi connectivity index (χ2v) is 5.57. The van der Waals surface area contributed by atoms with Gasteiger partial charge in [0, 0.05) is 0 Å². The van der Waals surface area contributed by atoms with Crippen LogP contribution in [0.3, 0.4) is 0 Å². The van der Waals surface area contributed by atoms with Gasteiger partial charge in [-0.2, -0.15) is 0 Å². The zero-order chi connectivity index (χ0) is 13.8. The maximum atomic E-state index is 12.2. The second-order valence-electron chi connectivity index (χ2n) is 3.74. The van der Waals surface area contributed by atoms with E-state index < -0.39 is 16.8 Å². The van der Waals surface area contributed by atoms with Crippen molar-refractivity contribution in [3.8, 4) is 0 Å². The van der Waals surface area contributed by atoms with Crippen LogP contribution in [0.2, 0.25) is 5.02 Å². The zero-order valence-corrected chi connectivity index (χ0v) is 11.3. The number of carboxylic acids is 1. The average Bonchev–Trinajstić information content (AvgIpc) is 2.39. The third-order valence-corrected chi connectivity index (χ3v) is 4.23. The fourth-order valence-electron chi connectivity index (χ4n) is 1.52. The van der Waals surface area contributed by atoms with Crippen LogP contribution in [-0.2, 0) is 16.6 Å². The third-order valence-electron chi connectivity index (χ3n) is 2.39. The van der Waals surface area contributed by atoms with Gasteiger partial charge in [-0.05, 0) is 24.3 Å². The zero-order valence-electron chi connectivity index (χ0n) is 9.75. The summed E-state index contributed by atoms with van der Waals surface area (Å²) >= 11 is 5.96. The smallest absolute Gasteiger partial charge is 0.354 e. The Balaban J connectivity index is 2.22. The number of hydrogen-bond donors (Lipinski definition) is 1. The van der Waals surface area contributed by atoms with Crippen LogP contribution < -0.4 is 0 Å². The summed E-state index contributed by atoms with van der Waals surface area (Å²) in [5.74, 6) is -0.976. The third kappa shape index (κ3) is 3.39. The molecular formula is C13H10ClNO3S. The first-order valence-electron chi connectivity index (χ1n) is 5.40. The van der Waals surface area contributed by atoms with Crippen LogP contribution in [0.4, 0.5) is 0 Å². The molecule has 0 aliphatic carbocycles. The molecule has 0 aliphatic rings. The van der Waals surface area contributed by atoms with E-state index in [9.17, 15) is 9.00 Å². The number of aromatic carboxylic acids is 1. The lowest BCUT2D eigenvalue weighted by Gasteiger charge is -2.04.